The summed E-state index contributed by atoms with van der Waals surface area (Å²) < 4.78 is 5.36. The third kappa shape index (κ3) is 3.23. The number of aryl methyl sites for hydroxylation is 1. The number of nitrogens with zero attached hydrogens (tertiary/aromatic N) is 3. The average molecular weight is 272 g/mol. The van der Waals surface area contributed by atoms with Crippen LogP contribution in [0, 0.1) is 6.92 Å². The van der Waals surface area contributed by atoms with Crippen LogP contribution in [0.5, 0.6) is 0 Å². The van der Waals surface area contributed by atoms with Crippen molar-refractivity contribution < 1.29 is 4.52 Å². The fourth-order valence-electron chi connectivity index (χ4n) is 2.39. The highest BCUT2D eigenvalue weighted by Crippen LogP contribution is 2.18. The van der Waals surface area contributed by atoms with Gasteiger partial charge in [-0.3, -0.25) is 4.90 Å². The van der Waals surface area contributed by atoms with E-state index in [-0.39, 0.29) is 0 Å². The molecule has 2 heterocycles. The van der Waals surface area contributed by atoms with Gasteiger partial charge in [0.15, 0.2) is 5.82 Å². The minimum Gasteiger partial charge on any atom is -0.334 e. The molecule has 5 nitrogen and oxygen atoms in total. The maximum absolute atomic E-state index is 5.36. The highest BCUT2D eigenvalue weighted by molar-refractivity contribution is 5.53. The molecule has 20 heavy (non-hydrogen) atoms. The first-order valence-corrected chi connectivity index (χ1v) is 7.14. The highest BCUT2D eigenvalue weighted by Gasteiger charge is 2.14. The first-order chi connectivity index (χ1) is 9.81. The van der Waals surface area contributed by atoms with Gasteiger partial charge in [-0.25, -0.2) is 0 Å². The molecule has 0 radical (unpaired) electrons. The maximum atomic E-state index is 5.36. The number of aromatic nitrogens is 2. The van der Waals surface area contributed by atoms with Crippen molar-refractivity contribution >= 4 is 0 Å². The van der Waals surface area contributed by atoms with Gasteiger partial charge >= 0.3 is 0 Å². The normalized spacial score (nSPS) is 17.1. The SMILES string of the molecule is Cc1ccc(-c2nc(CN3CCCNCC3)no2)cc1. The molecule has 0 unspecified atom stereocenters. The molecule has 1 N–H and O–H groups in total. The van der Waals surface area contributed by atoms with E-state index in [0.29, 0.717) is 5.89 Å². The Morgan fingerprint density at radius 3 is 2.90 bits per heavy atom. The van der Waals surface area contributed by atoms with Gasteiger partial charge in [-0.15, -0.1) is 0 Å². The van der Waals surface area contributed by atoms with Crippen molar-refractivity contribution in [1.29, 1.82) is 0 Å². The summed E-state index contributed by atoms with van der Waals surface area (Å²) in [5.74, 6) is 1.37. The molecular weight excluding hydrogens is 252 g/mol. The topological polar surface area (TPSA) is 54.2 Å². The van der Waals surface area contributed by atoms with E-state index in [4.69, 9.17) is 4.52 Å². The standard InChI is InChI=1S/C15H20N4O/c1-12-3-5-13(6-4-12)15-17-14(18-20-15)11-19-9-2-7-16-8-10-19/h3-6,16H,2,7-11H2,1H3. The quantitative estimate of drug-likeness (QED) is 0.924. The zero-order chi connectivity index (χ0) is 13.8. The Labute approximate surface area is 119 Å². The summed E-state index contributed by atoms with van der Waals surface area (Å²) in [6, 6.07) is 8.14. The molecule has 1 aliphatic rings. The van der Waals surface area contributed by atoms with E-state index in [1.54, 1.807) is 0 Å². The predicted molar refractivity (Wildman–Crippen MR) is 77.2 cm³/mol. The van der Waals surface area contributed by atoms with Crippen LogP contribution in [0.4, 0.5) is 0 Å². The molecule has 0 bridgehead atoms. The van der Waals surface area contributed by atoms with Crippen molar-refractivity contribution in [1.82, 2.24) is 20.4 Å². The summed E-state index contributed by atoms with van der Waals surface area (Å²) in [6.07, 6.45) is 1.17. The molecule has 1 aliphatic heterocycles. The van der Waals surface area contributed by atoms with Gasteiger partial charge < -0.3 is 9.84 Å². The van der Waals surface area contributed by atoms with Crippen LogP contribution in [0.25, 0.3) is 11.5 Å². The summed E-state index contributed by atoms with van der Waals surface area (Å²) in [7, 11) is 0. The fourth-order valence-corrected chi connectivity index (χ4v) is 2.39. The molecular formula is C15H20N4O. The average Bonchev–Trinajstić information content (AvgIpc) is 2.76. The molecule has 1 aromatic carbocycles. The number of hydrogen-bond donors (Lipinski definition) is 1. The van der Waals surface area contributed by atoms with Gasteiger partial charge in [0.2, 0.25) is 0 Å². The molecule has 5 heteroatoms. The van der Waals surface area contributed by atoms with E-state index >= 15 is 0 Å². The van der Waals surface area contributed by atoms with E-state index in [1.807, 2.05) is 12.1 Å². The maximum Gasteiger partial charge on any atom is 0.257 e. The molecule has 0 spiro atoms. The number of benzene rings is 1. The number of nitrogens with one attached hydrogen (secondary N) is 1. The lowest BCUT2D eigenvalue weighted by molar-refractivity contribution is 0.271. The second-order valence-corrected chi connectivity index (χ2v) is 5.26. The summed E-state index contributed by atoms with van der Waals surface area (Å²) in [4.78, 5) is 6.86. The van der Waals surface area contributed by atoms with E-state index in [0.717, 1.165) is 44.1 Å². The summed E-state index contributed by atoms with van der Waals surface area (Å²) in [5.41, 5.74) is 2.21. The Morgan fingerprint density at radius 1 is 1.20 bits per heavy atom. The highest BCUT2D eigenvalue weighted by atomic mass is 16.5. The van der Waals surface area contributed by atoms with Crippen molar-refractivity contribution in [3.05, 3.63) is 35.7 Å². The Kier molecular flexibility index (Phi) is 4.08. The van der Waals surface area contributed by atoms with Gasteiger partial charge in [0.1, 0.15) is 0 Å². The zero-order valence-electron chi connectivity index (χ0n) is 11.8. The first kappa shape index (κ1) is 13.3. The van der Waals surface area contributed by atoms with Crippen molar-refractivity contribution in [2.24, 2.45) is 0 Å². The third-order valence-electron chi connectivity index (χ3n) is 3.56. The molecule has 3 rings (SSSR count). The van der Waals surface area contributed by atoms with Gasteiger partial charge in [0, 0.05) is 18.7 Å². The second-order valence-electron chi connectivity index (χ2n) is 5.26. The molecule has 1 aromatic heterocycles. The van der Waals surface area contributed by atoms with Crippen LogP contribution in [-0.2, 0) is 6.54 Å². The van der Waals surface area contributed by atoms with Crippen molar-refractivity contribution in [2.75, 3.05) is 26.2 Å². The smallest absolute Gasteiger partial charge is 0.257 e. The lowest BCUT2D eigenvalue weighted by atomic mass is 10.1. The van der Waals surface area contributed by atoms with E-state index in [1.165, 1.54) is 12.0 Å². The molecule has 1 saturated heterocycles. The zero-order valence-corrected chi connectivity index (χ0v) is 11.8. The van der Waals surface area contributed by atoms with Gasteiger partial charge in [-0.1, -0.05) is 22.9 Å². The summed E-state index contributed by atoms with van der Waals surface area (Å²) in [5, 5.41) is 7.48. The Hall–Kier alpha value is -1.72. The minimum atomic E-state index is 0.605. The molecule has 2 aromatic rings. The molecule has 0 atom stereocenters. The van der Waals surface area contributed by atoms with Crippen molar-refractivity contribution in [3.63, 3.8) is 0 Å². The van der Waals surface area contributed by atoms with Crippen molar-refractivity contribution in [2.45, 2.75) is 19.9 Å². The van der Waals surface area contributed by atoms with E-state index < -0.39 is 0 Å². The summed E-state index contributed by atoms with van der Waals surface area (Å²) in [6.45, 7) is 7.07. The van der Waals surface area contributed by atoms with Gasteiger partial charge in [0.25, 0.3) is 5.89 Å². The van der Waals surface area contributed by atoms with Crippen LogP contribution in [0.1, 0.15) is 17.8 Å². The molecule has 0 aliphatic carbocycles. The van der Waals surface area contributed by atoms with Gasteiger partial charge in [-0.2, -0.15) is 4.98 Å². The fraction of sp³-hybridized carbons (Fsp3) is 0.467. The Bertz CT molecular complexity index is 541. The lowest BCUT2D eigenvalue weighted by Crippen LogP contribution is -2.28. The molecule has 0 amide bonds. The summed E-state index contributed by atoms with van der Waals surface area (Å²) >= 11 is 0. The van der Waals surface area contributed by atoms with Crippen LogP contribution >= 0.6 is 0 Å². The second kappa shape index (κ2) is 6.15. The van der Waals surface area contributed by atoms with Crippen molar-refractivity contribution in [3.8, 4) is 11.5 Å². The third-order valence-corrected chi connectivity index (χ3v) is 3.56. The van der Waals surface area contributed by atoms with Crippen LogP contribution in [0.15, 0.2) is 28.8 Å². The monoisotopic (exact) mass is 272 g/mol. The van der Waals surface area contributed by atoms with Crippen LogP contribution in [-0.4, -0.2) is 41.2 Å². The molecule has 0 saturated carbocycles. The first-order valence-electron chi connectivity index (χ1n) is 7.14. The Balaban J connectivity index is 1.68. The molecule has 1 fully saturated rings. The van der Waals surface area contributed by atoms with E-state index in [9.17, 15) is 0 Å². The largest absolute Gasteiger partial charge is 0.334 e. The van der Waals surface area contributed by atoms with Crippen LogP contribution < -0.4 is 5.32 Å². The lowest BCUT2D eigenvalue weighted by Gasteiger charge is -2.16. The van der Waals surface area contributed by atoms with E-state index in [2.05, 4.69) is 39.4 Å². The molecule has 106 valence electrons. The van der Waals surface area contributed by atoms with Gasteiger partial charge in [-0.05, 0) is 38.6 Å². The minimum absolute atomic E-state index is 0.605. The number of rotatable bonds is 3. The van der Waals surface area contributed by atoms with Crippen LogP contribution in [0.2, 0.25) is 0 Å². The van der Waals surface area contributed by atoms with Crippen LogP contribution in [0.3, 0.4) is 0 Å². The van der Waals surface area contributed by atoms with Gasteiger partial charge in [0.05, 0.1) is 6.54 Å². The Morgan fingerprint density at radius 2 is 2.05 bits per heavy atom. The predicted octanol–water partition coefficient (Wildman–Crippen LogP) is 1.84. The number of hydrogen-bond acceptors (Lipinski definition) is 5.